The first kappa shape index (κ1) is 21.3. The van der Waals surface area contributed by atoms with Crippen LogP contribution in [0.15, 0.2) is 47.4 Å². The van der Waals surface area contributed by atoms with Gasteiger partial charge in [-0.2, -0.15) is 0 Å². The predicted molar refractivity (Wildman–Crippen MR) is 108 cm³/mol. The Morgan fingerprint density at radius 2 is 1.48 bits per heavy atom. The molecule has 0 aromatic heterocycles. The third-order valence-electron chi connectivity index (χ3n) is 4.13. The number of unbranched alkanes of at least 4 members (excludes halogenated alkanes) is 1. The lowest BCUT2D eigenvalue weighted by molar-refractivity contribution is 0.287. The van der Waals surface area contributed by atoms with Gasteiger partial charge in [-0.15, -0.1) is 0 Å². The van der Waals surface area contributed by atoms with Crippen LogP contribution in [-0.2, 0) is 23.0 Å². The SMILES string of the molecule is CCCCc1ccc(S(=O)(=O)NCc2ccc(OCC)c(OCC)c2)cc1. The molecular formula is C21H29NO4S. The van der Waals surface area contributed by atoms with Gasteiger partial charge in [0.1, 0.15) is 0 Å². The van der Waals surface area contributed by atoms with E-state index in [-0.39, 0.29) is 11.4 Å². The number of hydrogen-bond donors (Lipinski definition) is 1. The fraction of sp³-hybridized carbons (Fsp3) is 0.429. The maximum atomic E-state index is 12.5. The first-order chi connectivity index (χ1) is 13.0. The summed E-state index contributed by atoms with van der Waals surface area (Å²) in [7, 11) is -3.56. The van der Waals surface area contributed by atoms with Gasteiger partial charge in [0.05, 0.1) is 18.1 Å². The molecule has 0 aliphatic carbocycles. The molecule has 148 valence electrons. The Labute approximate surface area is 162 Å². The number of hydrogen-bond acceptors (Lipinski definition) is 4. The van der Waals surface area contributed by atoms with E-state index in [0.717, 1.165) is 30.4 Å². The molecule has 0 aliphatic heterocycles. The number of sulfonamides is 1. The molecule has 0 amide bonds. The zero-order valence-electron chi connectivity index (χ0n) is 16.3. The van der Waals surface area contributed by atoms with E-state index in [1.54, 1.807) is 18.2 Å². The predicted octanol–water partition coefficient (Wildman–Crippen LogP) is 4.31. The highest BCUT2D eigenvalue weighted by atomic mass is 32.2. The van der Waals surface area contributed by atoms with Crippen molar-refractivity contribution >= 4 is 10.0 Å². The molecule has 0 heterocycles. The largest absolute Gasteiger partial charge is 0.490 e. The van der Waals surface area contributed by atoms with Gasteiger partial charge in [-0.05, 0) is 62.1 Å². The van der Waals surface area contributed by atoms with Crippen molar-refractivity contribution in [3.63, 3.8) is 0 Å². The molecule has 0 saturated carbocycles. The summed E-state index contributed by atoms with van der Waals surface area (Å²) < 4.78 is 38.9. The van der Waals surface area contributed by atoms with E-state index in [1.165, 1.54) is 0 Å². The van der Waals surface area contributed by atoms with E-state index in [2.05, 4.69) is 11.6 Å². The van der Waals surface area contributed by atoms with E-state index in [0.29, 0.717) is 24.7 Å². The lowest BCUT2D eigenvalue weighted by Crippen LogP contribution is -2.23. The maximum absolute atomic E-state index is 12.5. The fourth-order valence-corrected chi connectivity index (χ4v) is 3.70. The molecule has 5 nitrogen and oxygen atoms in total. The first-order valence-electron chi connectivity index (χ1n) is 9.47. The highest BCUT2D eigenvalue weighted by Gasteiger charge is 2.14. The topological polar surface area (TPSA) is 64.6 Å². The molecule has 2 rings (SSSR count). The minimum atomic E-state index is -3.56. The van der Waals surface area contributed by atoms with Crippen LogP contribution in [-0.4, -0.2) is 21.6 Å². The van der Waals surface area contributed by atoms with Crippen molar-refractivity contribution in [1.29, 1.82) is 0 Å². The van der Waals surface area contributed by atoms with Crippen LogP contribution in [0.5, 0.6) is 11.5 Å². The highest BCUT2D eigenvalue weighted by Crippen LogP contribution is 2.28. The number of benzene rings is 2. The van der Waals surface area contributed by atoms with E-state index in [1.807, 2.05) is 38.1 Å². The normalized spacial score (nSPS) is 11.4. The molecule has 2 aromatic carbocycles. The van der Waals surface area contributed by atoms with E-state index < -0.39 is 10.0 Å². The molecule has 0 saturated heterocycles. The Kier molecular flexibility index (Phi) is 8.13. The van der Waals surface area contributed by atoms with Gasteiger partial charge in [-0.1, -0.05) is 31.5 Å². The summed E-state index contributed by atoms with van der Waals surface area (Å²) in [6.07, 6.45) is 3.19. The van der Waals surface area contributed by atoms with Crippen LogP contribution in [0.2, 0.25) is 0 Å². The van der Waals surface area contributed by atoms with Gasteiger partial charge in [-0.3, -0.25) is 0 Å². The number of aryl methyl sites for hydroxylation is 1. The number of ether oxygens (including phenoxy) is 2. The average Bonchev–Trinajstić information content (AvgIpc) is 2.67. The molecule has 0 unspecified atom stereocenters. The third kappa shape index (κ3) is 6.26. The number of rotatable bonds is 11. The standard InChI is InChI=1S/C21H29NO4S/c1-4-7-8-17-9-12-19(13-10-17)27(23,24)22-16-18-11-14-20(25-5-2)21(15-18)26-6-3/h9-15,22H,4-8,16H2,1-3H3. The Bertz CT molecular complexity index is 817. The second-order valence-corrected chi connectivity index (χ2v) is 7.99. The van der Waals surface area contributed by atoms with Gasteiger partial charge < -0.3 is 9.47 Å². The second-order valence-electron chi connectivity index (χ2n) is 6.22. The molecule has 0 fully saturated rings. The molecule has 0 radical (unpaired) electrons. The summed E-state index contributed by atoms with van der Waals surface area (Å²) in [5.41, 5.74) is 1.97. The Balaban J connectivity index is 2.06. The van der Waals surface area contributed by atoms with Crippen molar-refractivity contribution in [3.8, 4) is 11.5 Å². The molecule has 2 aromatic rings. The fourth-order valence-electron chi connectivity index (χ4n) is 2.68. The molecule has 27 heavy (non-hydrogen) atoms. The average molecular weight is 392 g/mol. The van der Waals surface area contributed by atoms with Crippen LogP contribution >= 0.6 is 0 Å². The minimum absolute atomic E-state index is 0.187. The van der Waals surface area contributed by atoms with Gasteiger partial charge in [-0.25, -0.2) is 13.1 Å². The van der Waals surface area contributed by atoms with Crippen molar-refractivity contribution in [1.82, 2.24) is 4.72 Å². The highest BCUT2D eigenvalue weighted by molar-refractivity contribution is 7.89. The van der Waals surface area contributed by atoms with Gasteiger partial charge >= 0.3 is 0 Å². The Hall–Kier alpha value is -2.05. The summed E-state index contributed by atoms with van der Waals surface area (Å²) in [6.45, 7) is 7.19. The lowest BCUT2D eigenvalue weighted by atomic mass is 10.1. The molecule has 0 atom stereocenters. The summed E-state index contributed by atoms with van der Waals surface area (Å²) in [4.78, 5) is 0.277. The first-order valence-corrected chi connectivity index (χ1v) is 11.0. The molecule has 0 bridgehead atoms. The number of nitrogens with one attached hydrogen (secondary N) is 1. The van der Waals surface area contributed by atoms with Crippen molar-refractivity contribution in [2.45, 2.75) is 51.5 Å². The minimum Gasteiger partial charge on any atom is -0.490 e. The van der Waals surface area contributed by atoms with Crippen LogP contribution < -0.4 is 14.2 Å². The van der Waals surface area contributed by atoms with Crippen molar-refractivity contribution in [2.24, 2.45) is 0 Å². The molecule has 1 N–H and O–H groups in total. The van der Waals surface area contributed by atoms with Crippen LogP contribution in [0.25, 0.3) is 0 Å². The summed E-state index contributed by atoms with van der Waals surface area (Å²) >= 11 is 0. The molecule has 0 aliphatic rings. The van der Waals surface area contributed by atoms with Gasteiger partial charge in [0.25, 0.3) is 0 Å². The van der Waals surface area contributed by atoms with E-state index in [4.69, 9.17) is 9.47 Å². The van der Waals surface area contributed by atoms with Gasteiger partial charge in [0.2, 0.25) is 10.0 Å². The Morgan fingerprint density at radius 3 is 2.11 bits per heavy atom. The van der Waals surface area contributed by atoms with Crippen molar-refractivity contribution in [2.75, 3.05) is 13.2 Å². The van der Waals surface area contributed by atoms with Crippen LogP contribution in [0, 0.1) is 0 Å². The zero-order chi connectivity index (χ0) is 19.7. The third-order valence-corrected chi connectivity index (χ3v) is 5.54. The molecule has 6 heteroatoms. The van der Waals surface area contributed by atoms with Gasteiger partial charge in [0.15, 0.2) is 11.5 Å². The maximum Gasteiger partial charge on any atom is 0.240 e. The van der Waals surface area contributed by atoms with E-state index >= 15 is 0 Å². The van der Waals surface area contributed by atoms with Crippen LogP contribution in [0.1, 0.15) is 44.7 Å². The quantitative estimate of drug-likeness (QED) is 0.620. The lowest BCUT2D eigenvalue weighted by Gasteiger charge is -2.13. The molecule has 0 spiro atoms. The van der Waals surface area contributed by atoms with Crippen molar-refractivity contribution < 1.29 is 17.9 Å². The second kappa shape index (κ2) is 10.3. The van der Waals surface area contributed by atoms with Crippen LogP contribution in [0.4, 0.5) is 0 Å². The molecular weight excluding hydrogens is 362 g/mol. The summed E-state index contributed by atoms with van der Waals surface area (Å²) in [6, 6.07) is 12.5. The van der Waals surface area contributed by atoms with Crippen molar-refractivity contribution in [3.05, 3.63) is 53.6 Å². The summed E-state index contributed by atoms with van der Waals surface area (Å²) in [5.74, 6) is 1.28. The summed E-state index contributed by atoms with van der Waals surface area (Å²) in [5, 5.41) is 0. The Morgan fingerprint density at radius 1 is 0.852 bits per heavy atom. The smallest absolute Gasteiger partial charge is 0.240 e. The van der Waals surface area contributed by atoms with E-state index in [9.17, 15) is 8.42 Å². The zero-order valence-corrected chi connectivity index (χ0v) is 17.1. The van der Waals surface area contributed by atoms with Gasteiger partial charge in [0, 0.05) is 6.54 Å². The monoisotopic (exact) mass is 391 g/mol. The van der Waals surface area contributed by atoms with Crippen LogP contribution in [0.3, 0.4) is 0 Å².